The Morgan fingerprint density at radius 3 is 2.42 bits per heavy atom. The summed E-state index contributed by atoms with van der Waals surface area (Å²) in [7, 11) is 0. The molecule has 11 heteroatoms. The normalized spacial score (nSPS) is 12.0. The van der Waals surface area contributed by atoms with Gasteiger partial charge in [-0.25, -0.2) is 31.9 Å². The van der Waals surface area contributed by atoms with Gasteiger partial charge < -0.3 is 4.74 Å². The summed E-state index contributed by atoms with van der Waals surface area (Å²) in [6, 6.07) is 6.12. The van der Waals surface area contributed by atoms with Crippen LogP contribution >= 0.6 is 0 Å². The van der Waals surface area contributed by atoms with Gasteiger partial charge in [-0.2, -0.15) is 5.10 Å². The molecule has 0 unspecified atom stereocenters. The lowest BCUT2D eigenvalue weighted by Gasteiger charge is -2.14. The van der Waals surface area contributed by atoms with E-state index in [4.69, 9.17) is 4.74 Å². The van der Waals surface area contributed by atoms with E-state index in [0.717, 1.165) is 28.9 Å². The van der Waals surface area contributed by atoms with E-state index in [1.165, 1.54) is 35.7 Å². The maximum Gasteiger partial charge on any atom is 0.151 e. The average molecular weight is 430 g/mol. The first kappa shape index (κ1) is 20.3. The van der Waals surface area contributed by atoms with Gasteiger partial charge >= 0.3 is 0 Å². The van der Waals surface area contributed by atoms with Crippen LogP contribution in [0.2, 0.25) is 0 Å². The van der Waals surface area contributed by atoms with Crippen LogP contribution in [0.1, 0.15) is 18.2 Å². The monoisotopic (exact) mass is 430 g/mol. The molecule has 0 atom stereocenters. The third-order valence-corrected chi connectivity index (χ3v) is 4.33. The number of hydrogen-bond donors (Lipinski definition) is 0. The highest BCUT2D eigenvalue weighted by molar-refractivity contribution is 5.77. The van der Waals surface area contributed by atoms with Crippen LogP contribution in [-0.4, -0.2) is 29.8 Å². The molecule has 0 spiro atoms. The highest BCUT2D eigenvalue weighted by Crippen LogP contribution is 2.27. The fourth-order valence-corrected chi connectivity index (χ4v) is 2.83. The first-order valence-electron chi connectivity index (χ1n) is 8.93. The molecule has 0 aliphatic carbocycles. The predicted octanol–water partition coefficient (Wildman–Crippen LogP) is 3.98. The van der Waals surface area contributed by atoms with Crippen molar-refractivity contribution in [3.05, 3.63) is 89.8 Å². The van der Waals surface area contributed by atoms with Crippen LogP contribution in [0.25, 0.3) is 17.1 Å². The molecule has 0 saturated carbocycles. The maximum atomic E-state index is 14.4. The summed E-state index contributed by atoms with van der Waals surface area (Å²) < 4.78 is 63.1. The van der Waals surface area contributed by atoms with Crippen molar-refractivity contribution in [2.75, 3.05) is 0 Å². The molecule has 0 fully saturated rings. The molecular formula is C20H14F4N6O. The minimum Gasteiger partial charge on any atom is -0.485 e. The van der Waals surface area contributed by atoms with E-state index in [1.54, 1.807) is 6.92 Å². The van der Waals surface area contributed by atoms with Gasteiger partial charge in [0.05, 0.1) is 17.5 Å². The van der Waals surface area contributed by atoms with Crippen LogP contribution < -0.4 is 0 Å². The number of allylic oxidation sites excluding steroid dienone is 1. The highest BCUT2D eigenvalue weighted by Gasteiger charge is 2.17. The second-order valence-electron chi connectivity index (χ2n) is 6.42. The van der Waals surface area contributed by atoms with E-state index >= 15 is 0 Å². The van der Waals surface area contributed by atoms with Crippen molar-refractivity contribution in [1.82, 2.24) is 29.8 Å². The van der Waals surface area contributed by atoms with E-state index < -0.39 is 23.3 Å². The van der Waals surface area contributed by atoms with Crippen LogP contribution in [0.3, 0.4) is 0 Å². The van der Waals surface area contributed by atoms with Crippen LogP contribution in [0.5, 0.6) is 0 Å². The molecular weight excluding hydrogens is 416 g/mol. The fourth-order valence-electron chi connectivity index (χ4n) is 2.83. The van der Waals surface area contributed by atoms with Crippen molar-refractivity contribution >= 4 is 11.5 Å². The van der Waals surface area contributed by atoms with Crippen LogP contribution in [-0.2, 0) is 11.3 Å². The number of aromatic nitrogens is 6. The van der Waals surface area contributed by atoms with Crippen molar-refractivity contribution in [3.8, 4) is 5.69 Å². The Morgan fingerprint density at radius 2 is 1.74 bits per heavy atom. The van der Waals surface area contributed by atoms with Gasteiger partial charge in [0, 0.05) is 12.1 Å². The number of halogens is 4. The van der Waals surface area contributed by atoms with Crippen molar-refractivity contribution < 1.29 is 22.3 Å². The summed E-state index contributed by atoms with van der Waals surface area (Å²) in [6.45, 7) is 1.46. The second-order valence-corrected chi connectivity index (χ2v) is 6.42. The lowest BCUT2D eigenvalue weighted by Crippen LogP contribution is -2.04. The number of hydrogen-bond acceptors (Lipinski definition) is 5. The summed E-state index contributed by atoms with van der Waals surface area (Å²) in [5.74, 6) is -3.02. The number of rotatable bonds is 6. The maximum absolute atomic E-state index is 14.4. The smallest absolute Gasteiger partial charge is 0.151 e. The fraction of sp³-hybridized carbons (Fsp3) is 0.100. The molecule has 7 nitrogen and oxygen atoms in total. The molecule has 0 N–H and O–H groups in total. The standard InChI is InChI=1S/C20H14F4N6O/c1-12(30-11-25-10-26-30)20(16-4-2-13(21)6-17(16)23)31-9-15-8-29(28-27-15)19-5-3-14(22)7-18(19)24/h2-8,10-11H,9H2,1H3/b20-12-. The molecule has 0 aliphatic heterocycles. The Morgan fingerprint density at radius 1 is 1.00 bits per heavy atom. The summed E-state index contributed by atoms with van der Waals surface area (Å²) in [4.78, 5) is 3.85. The zero-order chi connectivity index (χ0) is 22.0. The van der Waals surface area contributed by atoms with Crippen LogP contribution in [0.4, 0.5) is 17.6 Å². The predicted molar refractivity (Wildman–Crippen MR) is 101 cm³/mol. The summed E-state index contributed by atoms with van der Waals surface area (Å²) in [5, 5.41) is 11.7. The summed E-state index contributed by atoms with van der Waals surface area (Å²) in [5.41, 5.74) is 0.681. The van der Waals surface area contributed by atoms with E-state index in [-0.39, 0.29) is 29.3 Å². The third-order valence-electron chi connectivity index (χ3n) is 4.33. The summed E-state index contributed by atoms with van der Waals surface area (Å²) in [6.07, 6.45) is 4.08. The number of ether oxygens (including phenoxy) is 1. The van der Waals surface area contributed by atoms with Gasteiger partial charge in [0.15, 0.2) is 11.6 Å². The van der Waals surface area contributed by atoms with Crippen LogP contribution in [0.15, 0.2) is 55.2 Å². The van der Waals surface area contributed by atoms with E-state index in [2.05, 4.69) is 20.4 Å². The molecule has 0 bridgehead atoms. The minimum absolute atomic E-state index is 0.000657. The molecule has 2 heterocycles. The van der Waals surface area contributed by atoms with Gasteiger partial charge in [0.1, 0.15) is 48.1 Å². The summed E-state index contributed by atoms with van der Waals surface area (Å²) >= 11 is 0. The van der Waals surface area contributed by atoms with Crippen molar-refractivity contribution in [2.45, 2.75) is 13.5 Å². The van der Waals surface area contributed by atoms with Gasteiger partial charge in [0.2, 0.25) is 0 Å². The van der Waals surface area contributed by atoms with Gasteiger partial charge in [-0.05, 0) is 31.2 Å². The lowest BCUT2D eigenvalue weighted by atomic mass is 10.1. The molecule has 0 saturated heterocycles. The Kier molecular flexibility index (Phi) is 5.48. The molecule has 2 aromatic heterocycles. The number of nitrogens with zero attached hydrogens (tertiary/aromatic N) is 6. The third kappa shape index (κ3) is 4.29. The SMILES string of the molecule is C/C(=C(/OCc1cn(-c2ccc(F)cc2F)nn1)c1ccc(F)cc1F)n1cncn1. The lowest BCUT2D eigenvalue weighted by molar-refractivity contribution is 0.258. The van der Waals surface area contributed by atoms with E-state index in [1.807, 2.05) is 0 Å². The van der Waals surface area contributed by atoms with E-state index in [0.29, 0.717) is 5.70 Å². The number of benzene rings is 2. The first-order valence-corrected chi connectivity index (χ1v) is 8.93. The molecule has 31 heavy (non-hydrogen) atoms. The first-order chi connectivity index (χ1) is 14.9. The Balaban J connectivity index is 1.63. The van der Waals surface area contributed by atoms with E-state index in [9.17, 15) is 17.6 Å². The molecule has 4 aromatic rings. The Bertz CT molecular complexity index is 1250. The van der Waals surface area contributed by atoms with Crippen LogP contribution in [0, 0.1) is 23.3 Å². The van der Waals surface area contributed by atoms with Gasteiger partial charge in [0.25, 0.3) is 0 Å². The van der Waals surface area contributed by atoms with Crippen molar-refractivity contribution in [2.24, 2.45) is 0 Å². The highest BCUT2D eigenvalue weighted by atomic mass is 19.1. The quantitative estimate of drug-likeness (QED) is 0.342. The second kappa shape index (κ2) is 8.38. The largest absolute Gasteiger partial charge is 0.485 e. The average Bonchev–Trinajstić information content (AvgIpc) is 3.41. The molecule has 0 aliphatic rings. The topological polar surface area (TPSA) is 70.7 Å². The van der Waals surface area contributed by atoms with Crippen molar-refractivity contribution in [3.63, 3.8) is 0 Å². The van der Waals surface area contributed by atoms with Gasteiger partial charge in [-0.15, -0.1) is 5.10 Å². The molecule has 0 radical (unpaired) electrons. The Hall–Kier alpha value is -4.02. The molecule has 0 amide bonds. The zero-order valence-corrected chi connectivity index (χ0v) is 16.0. The molecule has 4 rings (SSSR count). The Labute approximate surface area is 173 Å². The van der Waals surface area contributed by atoms with Crippen molar-refractivity contribution in [1.29, 1.82) is 0 Å². The minimum atomic E-state index is -0.827. The zero-order valence-electron chi connectivity index (χ0n) is 16.0. The molecule has 158 valence electrons. The van der Waals surface area contributed by atoms with Gasteiger partial charge in [-0.3, -0.25) is 0 Å². The van der Waals surface area contributed by atoms with Gasteiger partial charge in [-0.1, -0.05) is 5.21 Å². The molecule has 2 aromatic carbocycles.